The van der Waals surface area contributed by atoms with Crippen LogP contribution in [0.1, 0.15) is 35.7 Å². The van der Waals surface area contributed by atoms with E-state index in [1.165, 1.54) is 0 Å². The van der Waals surface area contributed by atoms with E-state index in [4.69, 9.17) is 9.47 Å². The van der Waals surface area contributed by atoms with Gasteiger partial charge in [-0.2, -0.15) is 0 Å². The number of nitrogens with zero attached hydrogens (tertiary/aromatic N) is 1. The Balaban J connectivity index is 1.52. The summed E-state index contributed by atoms with van der Waals surface area (Å²) in [4.78, 5) is 26.8. The van der Waals surface area contributed by atoms with E-state index < -0.39 is 0 Å². The van der Waals surface area contributed by atoms with Crippen LogP contribution in [0.2, 0.25) is 0 Å². The van der Waals surface area contributed by atoms with Gasteiger partial charge < -0.3 is 24.8 Å². The molecule has 0 aromatic heterocycles. The molecule has 0 saturated carbocycles. The van der Waals surface area contributed by atoms with Crippen molar-refractivity contribution in [2.45, 2.75) is 19.8 Å². The average molecular weight is 439 g/mol. The molecule has 2 N–H and O–H groups in total. The Morgan fingerprint density at radius 3 is 2.47 bits per heavy atom. The van der Waals surface area contributed by atoms with Crippen LogP contribution in [0.15, 0.2) is 48.5 Å². The van der Waals surface area contributed by atoms with Crippen LogP contribution in [0.3, 0.4) is 0 Å². The summed E-state index contributed by atoms with van der Waals surface area (Å²) in [5, 5.41) is 12.0. The van der Waals surface area contributed by atoms with Crippen LogP contribution in [0.25, 0.3) is 6.08 Å². The number of amides is 2. The number of methoxy groups -OCH3 is 1. The molecule has 1 saturated heterocycles. The number of anilines is 1. The molecule has 7 nitrogen and oxygen atoms in total. The second kappa shape index (κ2) is 11.3. The van der Waals surface area contributed by atoms with Gasteiger partial charge in [-0.15, -0.1) is 0 Å². The minimum absolute atomic E-state index is 0.0314. The fourth-order valence-corrected chi connectivity index (χ4v) is 3.64. The molecule has 0 atom stereocenters. The highest BCUT2D eigenvalue weighted by Gasteiger charge is 2.23. The summed E-state index contributed by atoms with van der Waals surface area (Å²) >= 11 is 0. The highest BCUT2D eigenvalue weighted by Crippen LogP contribution is 2.28. The number of hydrogen-bond donors (Lipinski definition) is 2. The van der Waals surface area contributed by atoms with E-state index >= 15 is 0 Å². The van der Waals surface area contributed by atoms with Gasteiger partial charge in [0.2, 0.25) is 0 Å². The van der Waals surface area contributed by atoms with Crippen LogP contribution in [-0.2, 0) is 4.79 Å². The molecule has 2 aromatic rings. The molecule has 32 heavy (non-hydrogen) atoms. The third-order valence-corrected chi connectivity index (χ3v) is 5.48. The van der Waals surface area contributed by atoms with E-state index in [-0.39, 0.29) is 30.9 Å². The lowest BCUT2D eigenvalue weighted by atomic mass is 9.97. The number of aliphatic hydroxyl groups excluding tert-OH is 1. The first kappa shape index (κ1) is 23.3. The molecule has 2 amide bonds. The smallest absolute Gasteiger partial charge is 0.262 e. The Hall–Kier alpha value is -3.32. The van der Waals surface area contributed by atoms with E-state index in [0.29, 0.717) is 35.8 Å². The molecule has 1 heterocycles. The zero-order chi connectivity index (χ0) is 22.9. The number of likely N-dealkylation sites (tertiary alicyclic amines) is 1. The molecular formula is C25H30N2O5. The zero-order valence-electron chi connectivity index (χ0n) is 18.5. The molecule has 3 rings (SSSR count). The van der Waals surface area contributed by atoms with Gasteiger partial charge in [0.25, 0.3) is 11.8 Å². The molecule has 1 aliphatic rings. The number of allylic oxidation sites excluding steroid dienone is 1. The van der Waals surface area contributed by atoms with Gasteiger partial charge >= 0.3 is 0 Å². The zero-order valence-corrected chi connectivity index (χ0v) is 18.5. The van der Waals surface area contributed by atoms with Crippen molar-refractivity contribution < 1.29 is 24.2 Å². The number of nitrogens with one attached hydrogen (secondary N) is 1. The molecule has 170 valence electrons. The Kier molecular flexibility index (Phi) is 8.27. The van der Waals surface area contributed by atoms with Crippen molar-refractivity contribution in [2.75, 3.05) is 38.7 Å². The molecule has 1 aliphatic heterocycles. The van der Waals surface area contributed by atoms with Crippen LogP contribution in [-0.4, -0.2) is 55.2 Å². The number of piperidine rings is 1. The van der Waals surface area contributed by atoms with Crippen LogP contribution >= 0.6 is 0 Å². The maximum atomic E-state index is 12.7. The van der Waals surface area contributed by atoms with E-state index in [2.05, 4.69) is 5.32 Å². The largest absolute Gasteiger partial charge is 0.493 e. The lowest BCUT2D eigenvalue weighted by Gasteiger charge is -2.31. The Morgan fingerprint density at radius 2 is 1.84 bits per heavy atom. The predicted molar refractivity (Wildman–Crippen MR) is 124 cm³/mol. The molecule has 0 bridgehead atoms. The topological polar surface area (TPSA) is 88.1 Å². The van der Waals surface area contributed by atoms with Crippen molar-refractivity contribution in [1.29, 1.82) is 0 Å². The summed E-state index contributed by atoms with van der Waals surface area (Å²) < 4.78 is 11.0. The number of carbonyl (C=O) groups is 2. The number of hydrogen-bond acceptors (Lipinski definition) is 5. The molecule has 7 heteroatoms. The maximum Gasteiger partial charge on any atom is 0.262 e. The quantitative estimate of drug-likeness (QED) is 0.658. The number of carbonyl (C=O) groups excluding carboxylic acids is 2. The van der Waals surface area contributed by atoms with Gasteiger partial charge in [0, 0.05) is 30.9 Å². The standard InChI is InChI=1S/C25H30N2O5/c1-3-4-18-5-10-22(23(15-18)31-2)32-17-24(29)26-21-8-6-20(7-9-21)25(30)27-13-11-19(16-28)12-14-27/h3-10,15,19,28H,11-14,16-17H2,1-2H3,(H,26,29). The number of benzene rings is 2. The minimum Gasteiger partial charge on any atom is -0.493 e. The third-order valence-electron chi connectivity index (χ3n) is 5.48. The Bertz CT molecular complexity index is 947. The van der Waals surface area contributed by atoms with Gasteiger partial charge in [-0.25, -0.2) is 0 Å². The van der Waals surface area contributed by atoms with Gasteiger partial charge in [-0.1, -0.05) is 18.2 Å². The molecule has 0 unspecified atom stereocenters. The summed E-state index contributed by atoms with van der Waals surface area (Å²) in [6, 6.07) is 12.3. The number of ether oxygens (including phenoxy) is 2. The van der Waals surface area contributed by atoms with Crippen LogP contribution in [0.4, 0.5) is 5.69 Å². The third kappa shape index (κ3) is 6.11. The fraction of sp³-hybridized carbons (Fsp3) is 0.360. The van der Waals surface area contributed by atoms with Gasteiger partial charge in [0.05, 0.1) is 7.11 Å². The Morgan fingerprint density at radius 1 is 1.12 bits per heavy atom. The fourth-order valence-electron chi connectivity index (χ4n) is 3.64. The van der Waals surface area contributed by atoms with Gasteiger partial charge in [0.15, 0.2) is 18.1 Å². The lowest BCUT2D eigenvalue weighted by molar-refractivity contribution is -0.118. The molecule has 0 spiro atoms. The maximum absolute atomic E-state index is 12.7. The van der Waals surface area contributed by atoms with E-state index in [1.54, 1.807) is 37.4 Å². The molecule has 1 fully saturated rings. The van der Waals surface area contributed by atoms with Gasteiger partial charge in [-0.3, -0.25) is 9.59 Å². The SMILES string of the molecule is CC=Cc1ccc(OCC(=O)Nc2ccc(C(=O)N3CCC(CO)CC3)cc2)c(OC)c1. The molecule has 0 radical (unpaired) electrons. The normalized spacial score (nSPS) is 14.4. The summed E-state index contributed by atoms with van der Waals surface area (Å²) in [6.45, 7) is 3.25. The van der Waals surface area contributed by atoms with Crippen LogP contribution < -0.4 is 14.8 Å². The van der Waals surface area contributed by atoms with Crippen molar-refractivity contribution in [1.82, 2.24) is 4.90 Å². The summed E-state index contributed by atoms with van der Waals surface area (Å²) in [6.07, 6.45) is 5.52. The summed E-state index contributed by atoms with van der Waals surface area (Å²) in [7, 11) is 1.55. The van der Waals surface area contributed by atoms with Gasteiger partial charge in [-0.05, 0) is 67.6 Å². The lowest BCUT2D eigenvalue weighted by Crippen LogP contribution is -2.39. The highest BCUT2D eigenvalue weighted by atomic mass is 16.5. The van der Waals surface area contributed by atoms with Crippen molar-refractivity contribution in [3.05, 3.63) is 59.7 Å². The Labute approximate surface area is 188 Å². The monoisotopic (exact) mass is 438 g/mol. The van der Waals surface area contributed by atoms with E-state index in [1.807, 2.05) is 36.1 Å². The molecular weight excluding hydrogens is 408 g/mol. The van der Waals surface area contributed by atoms with E-state index in [9.17, 15) is 14.7 Å². The van der Waals surface area contributed by atoms with Crippen LogP contribution in [0.5, 0.6) is 11.5 Å². The van der Waals surface area contributed by atoms with Gasteiger partial charge in [0.1, 0.15) is 0 Å². The van der Waals surface area contributed by atoms with E-state index in [0.717, 1.165) is 18.4 Å². The predicted octanol–water partition coefficient (Wildman–Crippen LogP) is 3.59. The van der Waals surface area contributed by atoms with Crippen molar-refractivity contribution >= 4 is 23.6 Å². The average Bonchev–Trinajstić information content (AvgIpc) is 2.83. The van der Waals surface area contributed by atoms with Crippen molar-refractivity contribution in [3.8, 4) is 11.5 Å². The first-order valence-corrected chi connectivity index (χ1v) is 10.8. The number of rotatable bonds is 8. The number of aliphatic hydroxyl groups is 1. The summed E-state index contributed by atoms with van der Waals surface area (Å²) in [5.74, 6) is 0.983. The first-order chi connectivity index (χ1) is 15.5. The summed E-state index contributed by atoms with van der Waals surface area (Å²) in [5.41, 5.74) is 2.14. The molecule has 0 aliphatic carbocycles. The first-order valence-electron chi connectivity index (χ1n) is 10.8. The van der Waals surface area contributed by atoms with Crippen molar-refractivity contribution in [3.63, 3.8) is 0 Å². The molecule has 2 aromatic carbocycles. The second-order valence-electron chi connectivity index (χ2n) is 7.74. The van der Waals surface area contributed by atoms with Crippen LogP contribution in [0, 0.1) is 5.92 Å². The van der Waals surface area contributed by atoms with Crippen molar-refractivity contribution in [2.24, 2.45) is 5.92 Å². The highest BCUT2D eigenvalue weighted by molar-refractivity contribution is 5.96. The second-order valence-corrected chi connectivity index (χ2v) is 7.74. The minimum atomic E-state index is -0.310.